The number of hydrogen-bond acceptors (Lipinski definition) is 5. The Morgan fingerprint density at radius 1 is 1.21 bits per heavy atom. The van der Waals surface area contributed by atoms with Crippen molar-refractivity contribution < 1.29 is 31.8 Å². The van der Waals surface area contributed by atoms with Gasteiger partial charge in [0, 0.05) is 5.02 Å². The highest BCUT2D eigenvalue weighted by Crippen LogP contribution is 2.30. The normalized spacial score (nSPS) is 12.6. The zero-order valence-electron chi connectivity index (χ0n) is 14.4. The van der Waals surface area contributed by atoms with Gasteiger partial charge in [-0.3, -0.25) is 4.79 Å². The number of sulfonamides is 1. The molecule has 0 bridgehead atoms. The van der Waals surface area contributed by atoms with Crippen molar-refractivity contribution in [2.24, 2.45) is 5.73 Å². The van der Waals surface area contributed by atoms with Gasteiger partial charge in [-0.15, -0.1) is 0 Å². The van der Waals surface area contributed by atoms with Crippen LogP contribution in [0.5, 0.6) is 11.5 Å². The third-order valence-corrected chi connectivity index (χ3v) is 5.31. The maximum atomic E-state index is 14.3. The molecule has 0 heterocycles. The summed E-state index contributed by atoms with van der Waals surface area (Å²) in [6, 6.07) is 5.25. The Morgan fingerprint density at radius 2 is 1.79 bits per heavy atom. The van der Waals surface area contributed by atoms with Gasteiger partial charge in [0.25, 0.3) is 0 Å². The summed E-state index contributed by atoms with van der Waals surface area (Å²) < 4.78 is 60.2. The van der Waals surface area contributed by atoms with E-state index in [0.717, 1.165) is 0 Å². The van der Waals surface area contributed by atoms with Gasteiger partial charge in [-0.2, -0.15) is 4.72 Å². The minimum atomic E-state index is -4.50. The molecule has 1 atom stereocenters. The Bertz CT molecular complexity index is 932. The van der Waals surface area contributed by atoms with Crippen LogP contribution in [-0.2, 0) is 14.8 Å². The number of rotatable bonds is 9. The number of hydrogen-bond donors (Lipinski definition) is 3. The Labute approximate surface area is 165 Å². The quantitative estimate of drug-likeness (QED) is 0.558. The van der Waals surface area contributed by atoms with Crippen LogP contribution in [0.15, 0.2) is 41.3 Å². The van der Waals surface area contributed by atoms with E-state index in [1.807, 2.05) is 4.72 Å². The Balaban J connectivity index is 2.28. The van der Waals surface area contributed by atoms with Crippen molar-refractivity contribution in [3.63, 3.8) is 0 Å². The van der Waals surface area contributed by atoms with Gasteiger partial charge in [-0.25, -0.2) is 17.2 Å². The minimum absolute atomic E-state index is 0.0756. The molecule has 0 unspecified atom stereocenters. The van der Waals surface area contributed by atoms with Crippen molar-refractivity contribution >= 4 is 27.6 Å². The fourth-order valence-electron chi connectivity index (χ4n) is 2.22. The molecule has 11 heteroatoms. The third-order valence-electron chi connectivity index (χ3n) is 3.61. The fraction of sp³-hybridized carbons (Fsp3) is 0.235. The first-order valence-electron chi connectivity index (χ1n) is 8.01. The smallest absolute Gasteiger partial charge is 0.321 e. The van der Waals surface area contributed by atoms with Crippen LogP contribution in [0.1, 0.15) is 12.8 Å². The van der Waals surface area contributed by atoms with Gasteiger partial charge >= 0.3 is 5.97 Å². The van der Waals surface area contributed by atoms with Crippen LogP contribution in [0.2, 0.25) is 5.02 Å². The molecule has 7 nitrogen and oxygen atoms in total. The number of halogens is 3. The molecule has 0 aromatic heterocycles. The van der Waals surface area contributed by atoms with Gasteiger partial charge in [-0.1, -0.05) is 11.6 Å². The number of carboxylic acids is 1. The first-order valence-corrected chi connectivity index (χ1v) is 9.88. The van der Waals surface area contributed by atoms with Crippen LogP contribution >= 0.6 is 11.6 Å². The highest BCUT2D eigenvalue weighted by atomic mass is 35.5. The van der Waals surface area contributed by atoms with Crippen molar-refractivity contribution in [3.8, 4) is 11.5 Å². The van der Waals surface area contributed by atoms with Crippen LogP contribution in [0.25, 0.3) is 0 Å². The predicted molar refractivity (Wildman–Crippen MR) is 97.9 cm³/mol. The van der Waals surface area contributed by atoms with Crippen LogP contribution in [0.4, 0.5) is 8.78 Å². The van der Waals surface area contributed by atoms with Gasteiger partial charge in [-0.05, 0) is 55.8 Å². The molecule has 152 valence electrons. The average Bonchev–Trinajstić information content (AvgIpc) is 2.62. The number of carboxylic acid groups (broad SMARTS) is 1. The highest BCUT2D eigenvalue weighted by molar-refractivity contribution is 7.89. The summed E-state index contributed by atoms with van der Waals surface area (Å²) in [4.78, 5) is 10.4. The molecule has 2 aromatic carbocycles. The SMILES string of the molecule is NCCC[C@@H](NS(=O)(=O)c1cc(F)c(Oc2ccc(Cl)cc2)c(F)c1)C(=O)O. The number of aliphatic carboxylic acids is 1. The van der Waals surface area contributed by atoms with Gasteiger partial charge in [0.15, 0.2) is 17.4 Å². The van der Waals surface area contributed by atoms with Gasteiger partial charge in [0.05, 0.1) is 4.90 Å². The van der Waals surface area contributed by atoms with Crippen LogP contribution in [0.3, 0.4) is 0 Å². The fourth-order valence-corrected chi connectivity index (χ4v) is 3.59. The van der Waals surface area contributed by atoms with Crippen molar-refractivity contribution in [1.82, 2.24) is 4.72 Å². The van der Waals surface area contributed by atoms with E-state index < -0.39 is 44.3 Å². The number of carbonyl (C=O) groups is 1. The Hall–Kier alpha value is -2.27. The second kappa shape index (κ2) is 9.28. The topological polar surface area (TPSA) is 119 Å². The molecule has 2 aromatic rings. The first kappa shape index (κ1) is 22.0. The summed E-state index contributed by atoms with van der Waals surface area (Å²) >= 11 is 5.72. The van der Waals surface area contributed by atoms with Crippen LogP contribution in [0, 0.1) is 11.6 Å². The summed E-state index contributed by atoms with van der Waals surface area (Å²) in [6.07, 6.45) is 0.171. The Kier molecular flexibility index (Phi) is 7.30. The largest absolute Gasteiger partial charge is 0.480 e. The number of nitrogens with one attached hydrogen (secondary N) is 1. The van der Waals surface area contributed by atoms with E-state index in [9.17, 15) is 22.0 Å². The molecule has 0 saturated carbocycles. The van der Waals surface area contributed by atoms with E-state index in [4.69, 9.17) is 27.2 Å². The monoisotopic (exact) mass is 434 g/mol. The molecule has 4 N–H and O–H groups in total. The molecule has 0 aliphatic carbocycles. The molecular formula is C17H17ClF2N2O5S. The van der Waals surface area contributed by atoms with E-state index in [-0.39, 0.29) is 25.1 Å². The maximum absolute atomic E-state index is 14.3. The summed E-state index contributed by atoms with van der Waals surface area (Å²) in [5, 5.41) is 9.49. The van der Waals surface area contributed by atoms with Crippen LogP contribution in [-0.4, -0.2) is 32.1 Å². The maximum Gasteiger partial charge on any atom is 0.321 e. The molecule has 0 aliphatic heterocycles. The minimum Gasteiger partial charge on any atom is -0.480 e. The second-order valence-electron chi connectivity index (χ2n) is 5.72. The summed E-state index contributed by atoms with van der Waals surface area (Å²) in [6.45, 7) is 0.158. The average molecular weight is 435 g/mol. The molecule has 0 amide bonds. The molecular weight excluding hydrogens is 418 g/mol. The summed E-state index contributed by atoms with van der Waals surface area (Å²) in [5.74, 6) is -4.70. The molecule has 28 heavy (non-hydrogen) atoms. The standard InChI is InChI=1S/C17H17ClF2N2O5S/c18-10-3-5-11(6-4-10)27-16-13(19)8-12(9-14(16)20)28(25,26)22-15(17(23)24)2-1-7-21/h3-6,8-9,15,22H,1-2,7,21H2,(H,23,24)/t15-/m1/s1. The zero-order chi connectivity index (χ0) is 20.9. The summed E-state index contributed by atoms with van der Waals surface area (Å²) in [5.41, 5.74) is 5.29. The molecule has 2 rings (SSSR count). The lowest BCUT2D eigenvalue weighted by Gasteiger charge is -2.15. The van der Waals surface area contributed by atoms with Gasteiger partial charge < -0.3 is 15.6 Å². The number of benzene rings is 2. The van der Waals surface area contributed by atoms with Crippen LogP contribution < -0.4 is 15.2 Å². The lowest BCUT2D eigenvalue weighted by atomic mass is 10.2. The van der Waals surface area contributed by atoms with Gasteiger partial charge in [0.2, 0.25) is 10.0 Å². The molecule has 0 fully saturated rings. The van der Waals surface area contributed by atoms with E-state index in [1.165, 1.54) is 24.3 Å². The van der Waals surface area contributed by atoms with E-state index in [0.29, 0.717) is 17.2 Å². The highest BCUT2D eigenvalue weighted by Gasteiger charge is 2.27. The predicted octanol–water partition coefficient (Wildman–Crippen LogP) is 2.88. The lowest BCUT2D eigenvalue weighted by molar-refractivity contribution is -0.139. The molecule has 0 aliphatic rings. The Morgan fingerprint density at radius 3 is 2.29 bits per heavy atom. The number of ether oxygens (including phenoxy) is 1. The van der Waals surface area contributed by atoms with Crippen molar-refractivity contribution in [2.45, 2.75) is 23.8 Å². The molecule has 0 saturated heterocycles. The van der Waals surface area contributed by atoms with Crippen molar-refractivity contribution in [3.05, 3.63) is 53.1 Å². The second-order valence-corrected chi connectivity index (χ2v) is 7.87. The third kappa shape index (κ3) is 5.61. The van der Waals surface area contributed by atoms with E-state index in [2.05, 4.69) is 0 Å². The van der Waals surface area contributed by atoms with E-state index in [1.54, 1.807) is 0 Å². The zero-order valence-corrected chi connectivity index (χ0v) is 15.9. The molecule has 0 radical (unpaired) electrons. The summed E-state index contributed by atoms with van der Waals surface area (Å²) in [7, 11) is -4.50. The van der Waals surface area contributed by atoms with Gasteiger partial charge in [0.1, 0.15) is 11.8 Å². The number of nitrogens with two attached hydrogens (primary N) is 1. The van der Waals surface area contributed by atoms with Crippen molar-refractivity contribution in [2.75, 3.05) is 6.54 Å². The molecule has 0 spiro atoms. The first-order chi connectivity index (χ1) is 13.1. The van der Waals surface area contributed by atoms with Crippen molar-refractivity contribution in [1.29, 1.82) is 0 Å². The van der Waals surface area contributed by atoms with E-state index >= 15 is 0 Å². The lowest BCUT2D eigenvalue weighted by Crippen LogP contribution is -2.41.